The van der Waals surface area contributed by atoms with Crippen molar-refractivity contribution < 1.29 is 93.9 Å². The second-order valence-electron chi connectivity index (χ2n) is 7.65. The van der Waals surface area contributed by atoms with Crippen molar-refractivity contribution in [2.75, 3.05) is 0 Å². The molecule has 0 aliphatic rings. The highest BCUT2D eigenvalue weighted by molar-refractivity contribution is 6.31. The molecule has 0 bridgehead atoms. The Labute approximate surface area is 260 Å². The molecule has 0 spiro atoms. The molecule has 0 fully saturated rings. The van der Waals surface area contributed by atoms with Gasteiger partial charge in [0.2, 0.25) is 5.78 Å². The first-order chi connectivity index (χ1) is 20.4. The summed E-state index contributed by atoms with van der Waals surface area (Å²) in [4.78, 5) is 94.0. The molecule has 0 aromatic rings. The van der Waals surface area contributed by atoms with Crippen LogP contribution in [0.4, 0.5) is 0 Å². The van der Waals surface area contributed by atoms with Gasteiger partial charge in [-0.3, -0.25) is 43.2 Å². The average molecular weight is 665 g/mol. The summed E-state index contributed by atoms with van der Waals surface area (Å²) in [7, 11) is 0. The smallest absolute Gasteiger partial charge is 0.371 e. The van der Waals surface area contributed by atoms with Gasteiger partial charge < -0.3 is 46.0 Å². The van der Waals surface area contributed by atoms with E-state index in [4.69, 9.17) is 55.5 Å². The van der Waals surface area contributed by atoms with E-state index < -0.39 is 53.5 Å². The molecule has 19 nitrogen and oxygen atoms in total. The van der Waals surface area contributed by atoms with Crippen molar-refractivity contribution in [2.24, 2.45) is 5.92 Å². The fourth-order valence-electron chi connectivity index (χ4n) is 0.756. The van der Waals surface area contributed by atoms with Crippen LogP contribution in [0.5, 0.6) is 0 Å². The Kier molecular flexibility index (Phi) is 64.1. The lowest BCUT2D eigenvalue weighted by Gasteiger charge is -1.89. The van der Waals surface area contributed by atoms with E-state index >= 15 is 0 Å². The number of Topliss-reactive ketones (excluding diaryl/α,β-unsaturated/α-hetero) is 1. The van der Waals surface area contributed by atoms with Gasteiger partial charge in [0.25, 0.3) is 12.4 Å². The number of carboxylic acid groups (broad SMARTS) is 9. The van der Waals surface area contributed by atoms with E-state index in [1.165, 1.54) is 0 Å². The number of hydrogen-bond donors (Lipinski definition) is 9. The molecular formula is C26H48O19. The molecule has 9 N–H and O–H groups in total. The van der Waals surface area contributed by atoms with Crippen LogP contribution in [0.15, 0.2) is 0 Å². The molecule has 0 unspecified atom stereocenters. The molecule has 0 rings (SSSR count). The van der Waals surface area contributed by atoms with Crippen molar-refractivity contribution in [3.05, 3.63) is 0 Å². The molecule has 0 aromatic heterocycles. The Morgan fingerprint density at radius 3 is 0.822 bits per heavy atom. The monoisotopic (exact) mass is 664 g/mol. The van der Waals surface area contributed by atoms with Crippen LogP contribution < -0.4 is 0 Å². The van der Waals surface area contributed by atoms with E-state index in [2.05, 4.69) is 0 Å². The van der Waals surface area contributed by atoms with Gasteiger partial charge in [-0.05, 0) is 12.8 Å². The van der Waals surface area contributed by atoms with Gasteiger partial charge in [-0.15, -0.1) is 0 Å². The molecule has 0 saturated heterocycles. The molecule has 19 heteroatoms. The first-order valence-corrected chi connectivity index (χ1v) is 12.7. The summed E-state index contributed by atoms with van der Waals surface area (Å²) in [5, 5.41) is 69.4. The zero-order valence-corrected chi connectivity index (χ0v) is 26.4. The van der Waals surface area contributed by atoms with Gasteiger partial charge in [-0.25, -0.2) is 4.79 Å². The lowest BCUT2D eigenvalue weighted by molar-refractivity contribution is -0.148. The average Bonchev–Trinajstić information content (AvgIpc) is 2.88. The summed E-state index contributed by atoms with van der Waals surface area (Å²) in [5.74, 6) is -8.31. The number of carbonyl (C=O) groups excluding carboxylic acids is 1. The summed E-state index contributed by atoms with van der Waals surface area (Å²) in [6.45, 7) is 10.5. The number of carbonyl (C=O) groups is 10. The largest absolute Gasteiger partial charge is 0.483 e. The Hall–Kier alpha value is -5.10. The maximum atomic E-state index is 9.76. The number of carboxylic acids is 8. The van der Waals surface area contributed by atoms with E-state index in [9.17, 15) is 38.4 Å². The number of rotatable bonds is 11. The standard InChI is InChI=1S/C5H10O2.C4H6O4.2C4H8O2.C3H4O3.C3H6O2.C2H4O2.CH2O2/c1-2-3-4-5(6)7;5-3(6)1-2-4(7)8;1-3(2)4(5)6;1-2-3-4(5)6;1-2(4)3(5)6;1-2-3(4)5;1-2(3)4;2-1-3/h2-4H2,1H3,(H,6,7);1-2H2,(H,5,6)(H,7,8);3H,1-2H3,(H,5,6);2-3H2,1H3,(H,5,6);1H3,(H,5,6);2H2,1H3,(H,4,5);1H3,(H,3,4);1H,(H,2,3). The van der Waals surface area contributed by atoms with Crippen molar-refractivity contribution in [1.29, 1.82) is 0 Å². The van der Waals surface area contributed by atoms with Crippen LogP contribution in [0, 0.1) is 5.92 Å². The highest BCUT2D eigenvalue weighted by Crippen LogP contribution is 1.91. The number of ketones is 1. The number of hydrogen-bond acceptors (Lipinski definition) is 10. The second-order valence-corrected chi connectivity index (χ2v) is 7.65. The molecule has 0 aliphatic heterocycles. The Bertz CT molecular complexity index is 802. The third-order valence-electron chi connectivity index (χ3n) is 2.86. The predicted molar refractivity (Wildman–Crippen MR) is 155 cm³/mol. The lowest BCUT2D eigenvalue weighted by atomic mass is 10.2. The molecule has 0 heterocycles. The molecule has 0 aliphatic carbocycles. The fourth-order valence-corrected chi connectivity index (χ4v) is 0.756. The number of aliphatic carboxylic acids is 8. The van der Waals surface area contributed by atoms with Crippen molar-refractivity contribution in [1.82, 2.24) is 0 Å². The summed E-state index contributed by atoms with van der Waals surface area (Å²) in [5.41, 5.74) is 0. The molecule has 0 aromatic carbocycles. The van der Waals surface area contributed by atoms with E-state index in [1.54, 1.807) is 20.8 Å². The molecule has 0 saturated carbocycles. The van der Waals surface area contributed by atoms with Crippen LogP contribution >= 0.6 is 0 Å². The quantitative estimate of drug-likeness (QED) is 0.113. The second kappa shape index (κ2) is 48.6. The normalized spacial score (nSPS) is 7.82. The topological polar surface area (TPSA) is 353 Å². The molecule has 0 radical (unpaired) electrons. The minimum absolute atomic E-state index is 0.222. The van der Waals surface area contributed by atoms with Crippen LogP contribution in [0.3, 0.4) is 0 Å². The first kappa shape index (κ1) is 59.3. The molecule has 0 amide bonds. The van der Waals surface area contributed by atoms with Gasteiger partial charge >= 0.3 is 41.8 Å². The zero-order chi connectivity index (χ0) is 38.1. The third kappa shape index (κ3) is 185. The third-order valence-corrected chi connectivity index (χ3v) is 2.86. The molecule has 266 valence electrons. The Balaban J connectivity index is -0.0000000587. The van der Waals surface area contributed by atoms with Crippen LogP contribution in [-0.2, 0) is 47.9 Å². The highest BCUT2D eigenvalue weighted by atomic mass is 16.4. The maximum Gasteiger partial charge on any atom is 0.371 e. The minimum atomic E-state index is -1.38. The zero-order valence-electron chi connectivity index (χ0n) is 26.4. The van der Waals surface area contributed by atoms with Crippen molar-refractivity contribution in [3.63, 3.8) is 0 Å². The Morgan fingerprint density at radius 2 is 0.778 bits per heavy atom. The Morgan fingerprint density at radius 1 is 0.556 bits per heavy atom. The van der Waals surface area contributed by atoms with Gasteiger partial charge in [0.15, 0.2) is 0 Å². The summed E-state index contributed by atoms with van der Waals surface area (Å²) >= 11 is 0. The van der Waals surface area contributed by atoms with E-state index in [0.29, 0.717) is 12.8 Å². The predicted octanol–water partition coefficient (Wildman–Crippen LogP) is 2.73. The number of unbranched alkanes of at least 4 members (excludes halogenated alkanes) is 1. The SMILES string of the molecule is CC(=O)C(=O)O.CC(=O)O.CC(C)C(=O)O.CCC(=O)O.CCCC(=O)O.CCCCC(=O)O.O=C(O)CCC(=O)O.O=CO. The van der Waals surface area contributed by atoms with Gasteiger partial charge in [0, 0.05) is 33.1 Å². The summed E-state index contributed by atoms with van der Waals surface area (Å²) in [6, 6.07) is 0. The first-order valence-electron chi connectivity index (χ1n) is 12.7. The fraction of sp³-hybridized carbons (Fsp3) is 0.615. The molecular weight excluding hydrogens is 616 g/mol. The van der Waals surface area contributed by atoms with Gasteiger partial charge in [-0.1, -0.05) is 41.0 Å². The van der Waals surface area contributed by atoms with Crippen LogP contribution in [0.1, 0.15) is 99.8 Å². The van der Waals surface area contributed by atoms with E-state index in [1.807, 2.05) is 13.8 Å². The van der Waals surface area contributed by atoms with Gasteiger partial charge in [-0.2, -0.15) is 0 Å². The van der Waals surface area contributed by atoms with Crippen LogP contribution in [-0.4, -0.2) is 106 Å². The van der Waals surface area contributed by atoms with E-state index in [0.717, 1.165) is 33.1 Å². The van der Waals surface area contributed by atoms with Crippen molar-refractivity contribution >= 4 is 60.0 Å². The minimum Gasteiger partial charge on any atom is -0.483 e. The molecule has 45 heavy (non-hydrogen) atoms. The summed E-state index contributed by atoms with van der Waals surface area (Å²) < 4.78 is 0. The maximum absolute atomic E-state index is 9.76. The van der Waals surface area contributed by atoms with Crippen molar-refractivity contribution in [2.45, 2.75) is 99.8 Å². The van der Waals surface area contributed by atoms with Crippen molar-refractivity contribution in [3.8, 4) is 0 Å². The summed E-state index contributed by atoms with van der Waals surface area (Å²) in [6.07, 6.45) is 2.73. The molecule has 0 atom stereocenters. The van der Waals surface area contributed by atoms with Crippen LogP contribution in [0.2, 0.25) is 0 Å². The highest BCUT2D eigenvalue weighted by Gasteiger charge is 2.01. The van der Waals surface area contributed by atoms with Gasteiger partial charge in [0.05, 0.1) is 18.8 Å². The lowest BCUT2D eigenvalue weighted by Crippen LogP contribution is -2.05. The van der Waals surface area contributed by atoms with E-state index in [-0.39, 0.29) is 31.7 Å². The van der Waals surface area contributed by atoms with Gasteiger partial charge in [0.1, 0.15) is 0 Å². The van der Waals surface area contributed by atoms with Crippen LogP contribution in [0.25, 0.3) is 0 Å².